The van der Waals surface area contributed by atoms with E-state index in [-0.39, 0.29) is 5.78 Å². The van der Waals surface area contributed by atoms with Crippen molar-refractivity contribution in [3.05, 3.63) is 107 Å². The standard InChI is InChI=1S/C21H14OS/c22-20-18-14-8-7-13-17(18)19(15-9-3-1-4-10-15)21(20)23-16-11-5-2-6-12-16/h1-14H. The molecule has 0 fully saturated rings. The second kappa shape index (κ2) is 5.90. The maximum absolute atomic E-state index is 12.9. The summed E-state index contributed by atoms with van der Waals surface area (Å²) in [7, 11) is 0. The summed E-state index contributed by atoms with van der Waals surface area (Å²) in [6.45, 7) is 0. The number of allylic oxidation sites excluding steroid dienone is 1. The monoisotopic (exact) mass is 314 g/mol. The number of hydrogen-bond acceptors (Lipinski definition) is 2. The molecule has 1 nitrogen and oxygen atoms in total. The van der Waals surface area contributed by atoms with E-state index in [4.69, 9.17) is 0 Å². The molecule has 1 aliphatic carbocycles. The summed E-state index contributed by atoms with van der Waals surface area (Å²) in [5.74, 6) is 0.119. The first-order chi connectivity index (χ1) is 11.3. The van der Waals surface area contributed by atoms with Gasteiger partial charge in [-0.15, -0.1) is 0 Å². The Hall–Kier alpha value is -2.58. The van der Waals surface area contributed by atoms with Crippen LogP contribution in [0.5, 0.6) is 0 Å². The molecular weight excluding hydrogens is 300 g/mol. The highest BCUT2D eigenvalue weighted by Gasteiger charge is 2.30. The van der Waals surface area contributed by atoms with Crippen molar-refractivity contribution in [3.63, 3.8) is 0 Å². The summed E-state index contributed by atoms with van der Waals surface area (Å²) >= 11 is 1.55. The van der Waals surface area contributed by atoms with Crippen LogP contribution in [-0.4, -0.2) is 5.78 Å². The Kier molecular flexibility index (Phi) is 3.60. The maximum Gasteiger partial charge on any atom is 0.200 e. The van der Waals surface area contributed by atoms with Crippen LogP contribution >= 0.6 is 11.8 Å². The molecule has 0 unspecified atom stereocenters. The first-order valence-electron chi connectivity index (χ1n) is 7.51. The minimum atomic E-state index is 0.119. The number of rotatable bonds is 3. The Bertz CT molecular complexity index is 895. The molecule has 2 heteroatoms. The summed E-state index contributed by atoms with van der Waals surface area (Å²) < 4.78 is 0. The summed E-state index contributed by atoms with van der Waals surface area (Å²) in [4.78, 5) is 14.8. The lowest BCUT2D eigenvalue weighted by atomic mass is 9.99. The lowest BCUT2D eigenvalue weighted by molar-refractivity contribution is 0.104. The molecule has 23 heavy (non-hydrogen) atoms. The molecule has 0 spiro atoms. The zero-order valence-corrected chi connectivity index (χ0v) is 13.2. The zero-order chi connectivity index (χ0) is 15.6. The molecular formula is C21H14OS. The van der Waals surface area contributed by atoms with E-state index in [9.17, 15) is 4.79 Å². The van der Waals surface area contributed by atoms with Gasteiger partial charge in [-0.05, 0) is 23.3 Å². The van der Waals surface area contributed by atoms with Gasteiger partial charge in [0.05, 0.1) is 4.91 Å². The van der Waals surface area contributed by atoms with Crippen LogP contribution in [-0.2, 0) is 0 Å². The highest BCUT2D eigenvalue weighted by Crippen LogP contribution is 2.44. The molecule has 0 aliphatic heterocycles. The smallest absolute Gasteiger partial charge is 0.200 e. The van der Waals surface area contributed by atoms with Gasteiger partial charge in [0.2, 0.25) is 5.78 Å². The van der Waals surface area contributed by atoms with E-state index >= 15 is 0 Å². The number of hydrogen-bond donors (Lipinski definition) is 0. The van der Waals surface area contributed by atoms with Gasteiger partial charge >= 0.3 is 0 Å². The average molecular weight is 314 g/mol. The summed E-state index contributed by atoms with van der Waals surface area (Å²) in [5, 5.41) is 0. The maximum atomic E-state index is 12.9. The minimum Gasteiger partial charge on any atom is -0.288 e. The Labute approximate surface area is 139 Å². The summed E-state index contributed by atoms with van der Waals surface area (Å²) in [6, 6.07) is 28.1. The highest BCUT2D eigenvalue weighted by molar-refractivity contribution is 8.04. The van der Waals surface area contributed by atoms with E-state index in [2.05, 4.69) is 12.1 Å². The van der Waals surface area contributed by atoms with Crippen LogP contribution in [0.2, 0.25) is 0 Å². The predicted octanol–water partition coefficient (Wildman–Crippen LogP) is 5.43. The lowest BCUT2D eigenvalue weighted by Gasteiger charge is -2.08. The van der Waals surface area contributed by atoms with E-state index in [1.54, 1.807) is 11.8 Å². The molecule has 4 rings (SSSR count). The Morgan fingerprint density at radius 2 is 1.17 bits per heavy atom. The van der Waals surface area contributed by atoms with Crippen molar-refractivity contribution < 1.29 is 4.79 Å². The van der Waals surface area contributed by atoms with Gasteiger partial charge in [0.15, 0.2) is 0 Å². The summed E-state index contributed by atoms with van der Waals surface area (Å²) in [6.07, 6.45) is 0. The van der Waals surface area contributed by atoms with E-state index in [0.717, 1.165) is 32.1 Å². The molecule has 0 amide bonds. The summed E-state index contributed by atoms with van der Waals surface area (Å²) in [5.41, 5.74) is 3.95. The number of ketones is 1. The fourth-order valence-corrected chi connectivity index (χ4v) is 3.91. The topological polar surface area (TPSA) is 17.1 Å². The zero-order valence-electron chi connectivity index (χ0n) is 12.4. The fourth-order valence-electron chi connectivity index (χ4n) is 2.85. The largest absolute Gasteiger partial charge is 0.288 e. The lowest BCUT2D eigenvalue weighted by Crippen LogP contribution is -1.95. The molecule has 0 N–H and O–H groups in total. The van der Waals surface area contributed by atoms with Crippen molar-refractivity contribution in [2.24, 2.45) is 0 Å². The van der Waals surface area contributed by atoms with E-state index in [1.807, 2.05) is 72.8 Å². The molecule has 0 heterocycles. The molecule has 0 saturated carbocycles. The van der Waals surface area contributed by atoms with Crippen molar-refractivity contribution in [2.45, 2.75) is 4.90 Å². The van der Waals surface area contributed by atoms with Gasteiger partial charge in [0.25, 0.3) is 0 Å². The number of fused-ring (bicyclic) bond motifs is 1. The van der Waals surface area contributed by atoms with E-state index in [1.165, 1.54) is 0 Å². The molecule has 0 aromatic heterocycles. The number of benzene rings is 3. The van der Waals surface area contributed by atoms with E-state index < -0.39 is 0 Å². The van der Waals surface area contributed by atoms with Crippen molar-refractivity contribution in [2.75, 3.05) is 0 Å². The number of carbonyl (C=O) groups is 1. The molecule has 0 saturated heterocycles. The van der Waals surface area contributed by atoms with Crippen LogP contribution in [0.25, 0.3) is 5.57 Å². The second-order valence-electron chi connectivity index (χ2n) is 5.36. The average Bonchev–Trinajstić information content (AvgIpc) is 2.89. The van der Waals surface area contributed by atoms with Crippen molar-refractivity contribution in [1.29, 1.82) is 0 Å². The van der Waals surface area contributed by atoms with E-state index in [0.29, 0.717) is 0 Å². The third-order valence-electron chi connectivity index (χ3n) is 3.90. The first kappa shape index (κ1) is 14.0. The normalized spacial score (nSPS) is 13.3. The van der Waals surface area contributed by atoms with Gasteiger partial charge in [0, 0.05) is 16.0 Å². The van der Waals surface area contributed by atoms with Crippen LogP contribution in [0.15, 0.2) is 94.7 Å². The molecule has 3 aromatic rings. The molecule has 3 aromatic carbocycles. The first-order valence-corrected chi connectivity index (χ1v) is 8.33. The SMILES string of the molecule is O=C1C(Sc2ccccc2)=C(c2ccccc2)c2ccccc21. The molecule has 0 atom stereocenters. The molecule has 110 valence electrons. The second-order valence-corrected chi connectivity index (χ2v) is 6.44. The van der Waals surface area contributed by atoms with Gasteiger partial charge < -0.3 is 0 Å². The number of thioether (sulfide) groups is 1. The van der Waals surface area contributed by atoms with Crippen LogP contribution in [0.1, 0.15) is 21.5 Å². The van der Waals surface area contributed by atoms with Gasteiger partial charge in [-0.2, -0.15) is 0 Å². The quantitative estimate of drug-likeness (QED) is 0.641. The van der Waals surface area contributed by atoms with Crippen molar-refractivity contribution >= 4 is 23.1 Å². The predicted molar refractivity (Wildman–Crippen MR) is 95.5 cm³/mol. The third kappa shape index (κ3) is 2.51. The Morgan fingerprint density at radius 1 is 0.609 bits per heavy atom. The Balaban J connectivity index is 1.90. The molecule has 0 radical (unpaired) electrons. The van der Waals surface area contributed by atoms with Crippen LogP contribution in [0.3, 0.4) is 0 Å². The molecule has 0 bridgehead atoms. The number of carbonyl (C=O) groups excluding carboxylic acids is 1. The van der Waals surface area contributed by atoms with Gasteiger partial charge in [-0.1, -0.05) is 84.6 Å². The van der Waals surface area contributed by atoms with Crippen LogP contribution < -0.4 is 0 Å². The van der Waals surface area contributed by atoms with Gasteiger partial charge in [0.1, 0.15) is 0 Å². The van der Waals surface area contributed by atoms with Gasteiger partial charge in [-0.3, -0.25) is 4.79 Å². The van der Waals surface area contributed by atoms with Crippen molar-refractivity contribution in [3.8, 4) is 0 Å². The third-order valence-corrected chi connectivity index (χ3v) is 5.00. The van der Waals surface area contributed by atoms with Crippen LogP contribution in [0.4, 0.5) is 0 Å². The van der Waals surface area contributed by atoms with Crippen molar-refractivity contribution in [1.82, 2.24) is 0 Å². The highest BCUT2D eigenvalue weighted by atomic mass is 32.2. The minimum absolute atomic E-state index is 0.119. The fraction of sp³-hybridized carbons (Fsp3) is 0. The number of Topliss-reactive ketones (excluding diaryl/α,β-unsaturated/α-hetero) is 1. The Morgan fingerprint density at radius 3 is 1.87 bits per heavy atom. The molecule has 1 aliphatic rings. The van der Waals surface area contributed by atoms with Gasteiger partial charge in [-0.25, -0.2) is 0 Å². The van der Waals surface area contributed by atoms with Crippen LogP contribution in [0, 0.1) is 0 Å².